The summed E-state index contributed by atoms with van der Waals surface area (Å²) in [5.74, 6) is -1.48. The van der Waals surface area contributed by atoms with Gasteiger partial charge in [-0.15, -0.1) is 10.2 Å². The molecular formula is C17H20F3N3O2S. The van der Waals surface area contributed by atoms with Gasteiger partial charge in [0.15, 0.2) is 0 Å². The number of halogens is 3. The fourth-order valence-electron chi connectivity index (χ4n) is 3.21. The van der Waals surface area contributed by atoms with Crippen LogP contribution in [0.3, 0.4) is 0 Å². The molecule has 0 amide bonds. The predicted molar refractivity (Wildman–Crippen MR) is 91.1 cm³/mol. The molecule has 1 aromatic carbocycles. The zero-order valence-electron chi connectivity index (χ0n) is 14.3. The Bertz CT molecular complexity index is 778. The largest absolute Gasteiger partial charge is 0.415 e. The van der Waals surface area contributed by atoms with Gasteiger partial charge in [-0.3, -0.25) is 0 Å². The van der Waals surface area contributed by atoms with Crippen LogP contribution in [0.5, 0.6) is 0 Å². The normalized spacial score (nSPS) is 17.2. The second kappa shape index (κ2) is 8.30. The number of aromatic nitrogens is 2. The lowest BCUT2D eigenvalue weighted by molar-refractivity contribution is 0.116. The molecule has 0 N–H and O–H groups in total. The molecule has 0 spiro atoms. The Morgan fingerprint density at radius 2 is 2.00 bits per heavy atom. The van der Waals surface area contributed by atoms with Gasteiger partial charge in [0.05, 0.1) is 11.0 Å². The number of rotatable bonds is 6. The van der Waals surface area contributed by atoms with Crippen LogP contribution in [0.4, 0.5) is 13.2 Å². The van der Waals surface area contributed by atoms with Crippen molar-refractivity contribution in [3.05, 3.63) is 35.5 Å². The highest BCUT2D eigenvalue weighted by atomic mass is 32.2. The molecule has 2 aromatic rings. The minimum absolute atomic E-state index is 0.158. The summed E-state index contributed by atoms with van der Waals surface area (Å²) in [5, 5.41) is 6.76. The smallest absolute Gasteiger partial charge is 0.314 e. The van der Waals surface area contributed by atoms with Crippen molar-refractivity contribution in [2.45, 2.75) is 51.1 Å². The second-order valence-corrected chi connectivity index (χ2v) is 7.66. The van der Waals surface area contributed by atoms with E-state index in [1.165, 1.54) is 12.5 Å². The number of benzene rings is 1. The van der Waals surface area contributed by atoms with Crippen molar-refractivity contribution >= 4 is 11.0 Å². The number of hydrogen-bond acceptors (Lipinski definition) is 4. The Labute approximate surface area is 152 Å². The van der Waals surface area contributed by atoms with Crippen molar-refractivity contribution < 1.29 is 21.8 Å². The molecule has 1 unspecified atom stereocenters. The summed E-state index contributed by atoms with van der Waals surface area (Å²) >= 11 is 0. The Morgan fingerprint density at radius 1 is 1.27 bits per heavy atom. The second-order valence-electron chi connectivity index (χ2n) is 6.34. The number of hydrogen-bond donors (Lipinski definition) is 0. The summed E-state index contributed by atoms with van der Waals surface area (Å²) in [6, 6.07) is 4.44. The molecule has 1 saturated carbocycles. The molecule has 9 heteroatoms. The van der Waals surface area contributed by atoms with Gasteiger partial charge in [0.2, 0.25) is 5.89 Å². The third kappa shape index (κ3) is 4.32. The van der Waals surface area contributed by atoms with Gasteiger partial charge in [-0.1, -0.05) is 25.3 Å². The monoisotopic (exact) mass is 387 g/mol. The quantitative estimate of drug-likeness (QED) is 0.744. The van der Waals surface area contributed by atoms with Crippen molar-refractivity contribution in [2.24, 2.45) is 0 Å². The molecule has 142 valence electrons. The molecule has 1 heterocycles. The van der Waals surface area contributed by atoms with E-state index in [9.17, 15) is 17.4 Å². The third-order valence-corrected chi connectivity index (χ3v) is 5.65. The zero-order chi connectivity index (χ0) is 18.7. The molecule has 26 heavy (non-hydrogen) atoms. The van der Waals surface area contributed by atoms with Crippen LogP contribution in [0, 0.1) is 5.82 Å². The standard InChI is InChI=1S/C17H20F3N3O2S/c1-26(24)23(13-5-3-2-4-6-13)10-12-8-7-11(9-14(12)18)16-21-22-17(25-16)15(19)20/h7-9,13,15H,2-6,10H2,1H3. The summed E-state index contributed by atoms with van der Waals surface area (Å²) in [5.41, 5.74) is 0.621. The highest BCUT2D eigenvalue weighted by Crippen LogP contribution is 2.28. The molecule has 5 nitrogen and oxygen atoms in total. The minimum atomic E-state index is -2.87. The summed E-state index contributed by atoms with van der Waals surface area (Å²) < 4.78 is 58.4. The first-order valence-corrected chi connectivity index (χ1v) is 9.97. The van der Waals surface area contributed by atoms with Crippen molar-refractivity contribution in [1.82, 2.24) is 14.5 Å². The van der Waals surface area contributed by atoms with E-state index in [4.69, 9.17) is 4.42 Å². The van der Waals surface area contributed by atoms with Crippen LogP contribution in [-0.4, -0.2) is 31.0 Å². The van der Waals surface area contributed by atoms with E-state index in [1.807, 2.05) is 4.31 Å². The lowest BCUT2D eigenvalue weighted by Gasteiger charge is -2.32. The van der Waals surface area contributed by atoms with E-state index >= 15 is 0 Å². The van der Waals surface area contributed by atoms with Gasteiger partial charge in [-0.25, -0.2) is 12.9 Å². The molecule has 1 aliphatic carbocycles. The van der Waals surface area contributed by atoms with Crippen molar-refractivity contribution in [2.75, 3.05) is 6.26 Å². The molecule has 1 fully saturated rings. The first-order valence-electron chi connectivity index (χ1n) is 8.46. The lowest BCUT2D eigenvalue weighted by atomic mass is 9.95. The molecule has 0 saturated heterocycles. The predicted octanol–water partition coefficient (Wildman–Crippen LogP) is 4.24. The summed E-state index contributed by atoms with van der Waals surface area (Å²) in [7, 11) is -1.21. The zero-order valence-corrected chi connectivity index (χ0v) is 15.1. The maximum Gasteiger partial charge on any atom is 0.314 e. The Morgan fingerprint density at radius 3 is 2.58 bits per heavy atom. The lowest BCUT2D eigenvalue weighted by Crippen LogP contribution is -2.37. The SMILES string of the molecule is CS(=O)N(Cc1ccc(-c2nnc(C(F)F)o2)cc1F)C1CCCCC1. The van der Waals surface area contributed by atoms with Gasteiger partial charge >= 0.3 is 6.43 Å². The molecule has 1 aliphatic rings. The molecule has 3 rings (SSSR count). The van der Waals surface area contributed by atoms with Crippen molar-refractivity contribution in [1.29, 1.82) is 0 Å². The Kier molecular flexibility index (Phi) is 6.08. The van der Waals surface area contributed by atoms with Gasteiger partial charge in [0, 0.05) is 30.0 Å². The highest BCUT2D eigenvalue weighted by Gasteiger charge is 2.25. The fraction of sp³-hybridized carbons (Fsp3) is 0.529. The van der Waals surface area contributed by atoms with Crippen LogP contribution in [0.25, 0.3) is 11.5 Å². The molecule has 1 aromatic heterocycles. The van der Waals surface area contributed by atoms with Gasteiger partial charge in [-0.05, 0) is 25.0 Å². The Hall–Kier alpha value is -1.74. The highest BCUT2D eigenvalue weighted by molar-refractivity contribution is 7.81. The number of alkyl halides is 2. The van der Waals surface area contributed by atoms with E-state index in [-0.39, 0.29) is 24.0 Å². The number of nitrogens with zero attached hydrogens (tertiary/aromatic N) is 3. The third-order valence-electron chi connectivity index (χ3n) is 4.57. The van der Waals surface area contributed by atoms with Crippen LogP contribution < -0.4 is 0 Å². The van der Waals surface area contributed by atoms with Crippen LogP contribution in [0.2, 0.25) is 0 Å². The van der Waals surface area contributed by atoms with Gasteiger partial charge in [0.1, 0.15) is 5.82 Å². The molecule has 1 atom stereocenters. The Balaban J connectivity index is 1.78. The summed E-state index contributed by atoms with van der Waals surface area (Å²) in [6.45, 7) is 0.228. The molecule has 0 aliphatic heterocycles. The average Bonchev–Trinajstić information content (AvgIpc) is 3.11. The maximum absolute atomic E-state index is 14.5. The minimum Gasteiger partial charge on any atom is -0.415 e. The van der Waals surface area contributed by atoms with Crippen LogP contribution in [-0.2, 0) is 17.5 Å². The van der Waals surface area contributed by atoms with Crippen LogP contribution in [0.15, 0.2) is 22.6 Å². The molecule has 0 radical (unpaired) electrons. The summed E-state index contributed by atoms with van der Waals surface area (Å²) in [6.07, 6.45) is 3.99. The molecular weight excluding hydrogens is 367 g/mol. The van der Waals surface area contributed by atoms with E-state index < -0.39 is 29.1 Å². The van der Waals surface area contributed by atoms with Crippen molar-refractivity contribution in [3.63, 3.8) is 0 Å². The van der Waals surface area contributed by atoms with E-state index in [2.05, 4.69) is 10.2 Å². The average molecular weight is 387 g/mol. The van der Waals surface area contributed by atoms with E-state index in [0.29, 0.717) is 5.56 Å². The molecule has 0 bridgehead atoms. The topological polar surface area (TPSA) is 59.2 Å². The van der Waals surface area contributed by atoms with Gasteiger partial charge in [-0.2, -0.15) is 8.78 Å². The van der Waals surface area contributed by atoms with Crippen LogP contribution >= 0.6 is 0 Å². The van der Waals surface area contributed by atoms with Gasteiger partial charge < -0.3 is 4.42 Å². The first-order chi connectivity index (χ1) is 12.5. The summed E-state index contributed by atoms with van der Waals surface area (Å²) in [4.78, 5) is 0. The van der Waals surface area contributed by atoms with E-state index in [1.54, 1.807) is 18.4 Å². The van der Waals surface area contributed by atoms with E-state index in [0.717, 1.165) is 25.7 Å². The van der Waals surface area contributed by atoms with Crippen LogP contribution in [0.1, 0.15) is 50.0 Å². The van der Waals surface area contributed by atoms with Crippen molar-refractivity contribution in [3.8, 4) is 11.5 Å². The maximum atomic E-state index is 14.5. The van der Waals surface area contributed by atoms with Gasteiger partial charge in [0.25, 0.3) is 5.89 Å². The first kappa shape index (κ1) is 19.0. The fourth-order valence-corrected chi connectivity index (χ4v) is 4.17.